The minimum absolute atomic E-state index is 0.132. The fourth-order valence-electron chi connectivity index (χ4n) is 2.76. The number of hydrogen-bond acceptors (Lipinski definition) is 5. The lowest BCUT2D eigenvalue weighted by Crippen LogP contribution is -2.46. The van der Waals surface area contributed by atoms with Crippen molar-refractivity contribution in [3.05, 3.63) is 40.7 Å². The lowest BCUT2D eigenvalue weighted by Gasteiger charge is -2.27. The first-order chi connectivity index (χ1) is 10.8. The molecule has 6 heteroatoms. The molecule has 0 unspecified atom stereocenters. The van der Waals surface area contributed by atoms with Gasteiger partial charge >= 0.3 is 0 Å². The highest BCUT2D eigenvalue weighted by Crippen LogP contribution is 2.40. The molecule has 0 atom stereocenters. The summed E-state index contributed by atoms with van der Waals surface area (Å²) in [4.78, 5) is 22.2. The normalized spacial score (nSPS) is 15.4. The lowest BCUT2D eigenvalue weighted by atomic mass is 10.1. The molecule has 112 valence electrons. The topological polar surface area (TPSA) is 45.2 Å². The zero-order valence-corrected chi connectivity index (χ0v) is 13.5. The van der Waals surface area contributed by atoms with Gasteiger partial charge in [0.25, 0.3) is 5.91 Å². The van der Waals surface area contributed by atoms with Crippen LogP contribution < -0.4 is 5.32 Å². The van der Waals surface area contributed by atoms with Crippen LogP contribution in [0.25, 0.3) is 20.7 Å². The second kappa shape index (κ2) is 5.79. The van der Waals surface area contributed by atoms with E-state index in [-0.39, 0.29) is 5.91 Å². The van der Waals surface area contributed by atoms with E-state index >= 15 is 0 Å². The molecule has 0 radical (unpaired) electrons. The molecule has 0 bridgehead atoms. The first-order valence-electron chi connectivity index (χ1n) is 7.26. The molecule has 0 aromatic carbocycles. The zero-order valence-electron chi connectivity index (χ0n) is 11.9. The quantitative estimate of drug-likeness (QED) is 0.786. The minimum Gasteiger partial charge on any atom is -0.335 e. The third kappa shape index (κ3) is 2.33. The minimum atomic E-state index is 0.132. The van der Waals surface area contributed by atoms with Gasteiger partial charge in [-0.05, 0) is 23.6 Å². The Hall–Kier alpha value is -1.76. The highest BCUT2D eigenvalue weighted by atomic mass is 32.1. The number of hydrogen-bond donors (Lipinski definition) is 1. The van der Waals surface area contributed by atoms with Gasteiger partial charge in [0.2, 0.25) is 0 Å². The Kier molecular flexibility index (Phi) is 3.65. The van der Waals surface area contributed by atoms with Gasteiger partial charge in [0.05, 0.1) is 0 Å². The summed E-state index contributed by atoms with van der Waals surface area (Å²) in [5.41, 5.74) is 1.05. The number of amides is 1. The molecule has 1 aliphatic heterocycles. The summed E-state index contributed by atoms with van der Waals surface area (Å²) in [5, 5.41) is 6.42. The van der Waals surface area contributed by atoms with Crippen molar-refractivity contribution in [2.75, 3.05) is 26.2 Å². The van der Waals surface area contributed by atoms with E-state index in [9.17, 15) is 4.79 Å². The molecule has 3 aromatic heterocycles. The summed E-state index contributed by atoms with van der Waals surface area (Å²) in [6, 6.07) is 8.10. The average molecular weight is 329 g/mol. The fraction of sp³-hybridized carbons (Fsp3) is 0.250. The average Bonchev–Trinajstić information content (AvgIpc) is 3.21. The van der Waals surface area contributed by atoms with Gasteiger partial charge in [0.15, 0.2) is 0 Å². The highest BCUT2D eigenvalue weighted by molar-refractivity contribution is 7.22. The van der Waals surface area contributed by atoms with Gasteiger partial charge in [-0.3, -0.25) is 4.79 Å². The van der Waals surface area contributed by atoms with Crippen LogP contribution in [0, 0.1) is 0 Å². The van der Waals surface area contributed by atoms with E-state index in [0.29, 0.717) is 0 Å². The summed E-state index contributed by atoms with van der Waals surface area (Å²) in [7, 11) is 0. The molecule has 1 amide bonds. The van der Waals surface area contributed by atoms with Gasteiger partial charge in [-0.2, -0.15) is 0 Å². The molecule has 0 spiro atoms. The van der Waals surface area contributed by atoms with E-state index in [1.165, 1.54) is 11.3 Å². The lowest BCUT2D eigenvalue weighted by molar-refractivity contribution is 0.0741. The number of piperazine rings is 1. The molecule has 3 aromatic rings. The maximum Gasteiger partial charge on any atom is 0.264 e. The Morgan fingerprint density at radius 2 is 2.09 bits per heavy atom. The SMILES string of the molecule is O=C(c1sc2ncccc2c1-c1cccs1)N1CCNCC1. The van der Waals surface area contributed by atoms with Gasteiger partial charge in [0.1, 0.15) is 9.71 Å². The first kappa shape index (κ1) is 13.9. The predicted molar refractivity (Wildman–Crippen MR) is 91.7 cm³/mol. The molecule has 1 aliphatic rings. The number of thiophene rings is 2. The van der Waals surface area contributed by atoms with E-state index in [2.05, 4.69) is 22.4 Å². The molecule has 1 saturated heterocycles. The number of nitrogens with one attached hydrogen (secondary N) is 1. The van der Waals surface area contributed by atoms with Gasteiger partial charge in [-0.25, -0.2) is 4.98 Å². The molecule has 1 fully saturated rings. The number of pyridine rings is 1. The second-order valence-corrected chi connectivity index (χ2v) is 7.13. The van der Waals surface area contributed by atoms with Crippen molar-refractivity contribution >= 4 is 38.8 Å². The van der Waals surface area contributed by atoms with Crippen molar-refractivity contribution in [2.24, 2.45) is 0 Å². The van der Waals surface area contributed by atoms with E-state index in [0.717, 1.165) is 51.7 Å². The van der Waals surface area contributed by atoms with Gasteiger partial charge in [-0.1, -0.05) is 6.07 Å². The third-order valence-corrected chi connectivity index (χ3v) is 5.82. The van der Waals surface area contributed by atoms with Crippen LogP contribution in [0.15, 0.2) is 35.8 Å². The van der Waals surface area contributed by atoms with E-state index in [1.54, 1.807) is 17.5 Å². The van der Waals surface area contributed by atoms with Crippen molar-refractivity contribution in [3.63, 3.8) is 0 Å². The molecule has 4 heterocycles. The second-order valence-electron chi connectivity index (χ2n) is 5.18. The standard InChI is InChI=1S/C16H15N3OS2/c20-16(19-8-6-17-7-9-19)14-13(12-4-2-10-21-12)11-3-1-5-18-15(11)22-14/h1-5,10,17H,6-9H2. The maximum atomic E-state index is 13.0. The van der Waals surface area contributed by atoms with Gasteiger partial charge in [-0.15, -0.1) is 22.7 Å². The van der Waals surface area contributed by atoms with Gasteiger partial charge in [0, 0.05) is 48.2 Å². The fourth-order valence-corrected chi connectivity index (χ4v) is 4.74. The van der Waals surface area contributed by atoms with Crippen LogP contribution in [-0.2, 0) is 0 Å². The molecule has 1 N–H and O–H groups in total. The van der Waals surface area contributed by atoms with Crippen LogP contribution in [0.1, 0.15) is 9.67 Å². The summed E-state index contributed by atoms with van der Waals surface area (Å²) >= 11 is 3.18. The smallest absolute Gasteiger partial charge is 0.264 e. The Morgan fingerprint density at radius 3 is 2.86 bits per heavy atom. The number of nitrogens with zero attached hydrogens (tertiary/aromatic N) is 2. The molecule has 4 nitrogen and oxygen atoms in total. The number of carbonyl (C=O) groups excluding carboxylic acids is 1. The van der Waals surface area contributed by atoms with Crippen LogP contribution in [0.5, 0.6) is 0 Å². The summed E-state index contributed by atoms with van der Waals surface area (Å²) < 4.78 is 0. The van der Waals surface area contributed by atoms with Crippen molar-refractivity contribution in [3.8, 4) is 10.4 Å². The molecule has 4 rings (SSSR count). The van der Waals surface area contributed by atoms with Gasteiger partial charge < -0.3 is 10.2 Å². The summed E-state index contributed by atoms with van der Waals surface area (Å²) in [6.07, 6.45) is 1.79. The Balaban J connectivity index is 1.86. The molecule has 0 saturated carbocycles. The molecule has 22 heavy (non-hydrogen) atoms. The number of aromatic nitrogens is 1. The highest BCUT2D eigenvalue weighted by Gasteiger charge is 2.25. The van der Waals surface area contributed by atoms with Crippen molar-refractivity contribution in [2.45, 2.75) is 0 Å². The van der Waals surface area contributed by atoms with E-state index < -0.39 is 0 Å². The molecular weight excluding hydrogens is 314 g/mol. The Labute approximate surface area is 136 Å². The Morgan fingerprint density at radius 1 is 1.23 bits per heavy atom. The van der Waals surface area contributed by atoms with Crippen LogP contribution >= 0.6 is 22.7 Å². The third-order valence-electron chi connectivity index (χ3n) is 3.83. The van der Waals surface area contributed by atoms with Crippen molar-refractivity contribution < 1.29 is 4.79 Å². The van der Waals surface area contributed by atoms with E-state index in [1.807, 2.05) is 22.4 Å². The van der Waals surface area contributed by atoms with E-state index in [4.69, 9.17) is 0 Å². The van der Waals surface area contributed by atoms with Crippen LogP contribution in [0.2, 0.25) is 0 Å². The van der Waals surface area contributed by atoms with Crippen LogP contribution in [-0.4, -0.2) is 42.0 Å². The Bertz CT molecular complexity index is 804. The first-order valence-corrected chi connectivity index (χ1v) is 8.95. The monoisotopic (exact) mass is 329 g/mol. The zero-order chi connectivity index (χ0) is 14.9. The maximum absolute atomic E-state index is 13.0. The molecule has 0 aliphatic carbocycles. The van der Waals surface area contributed by atoms with Crippen LogP contribution in [0.3, 0.4) is 0 Å². The summed E-state index contributed by atoms with van der Waals surface area (Å²) in [5.74, 6) is 0.132. The number of fused-ring (bicyclic) bond motifs is 1. The predicted octanol–water partition coefficient (Wildman–Crippen LogP) is 3.07. The van der Waals surface area contributed by atoms with Crippen molar-refractivity contribution in [1.82, 2.24) is 15.2 Å². The van der Waals surface area contributed by atoms with Crippen molar-refractivity contribution in [1.29, 1.82) is 0 Å². The molecular formula is C16H15N3OS2. The summed E-state index contributed by atoms with van der Waals surface area (Å²) in [6.45, 7) is 3.27. The van der Waals surface area contributed by atoms with Crippen LogP contribution in [0.4, 0.5) is 0 Å². The number of carbonyl (C=O) groups is 1. The largest absolute Gasteiger partial charge is 0.335 e. The number of rotatable bonds is 2.